The van der Waals surface area contributed by atoms with Gasteiger partial charge in [-0.2, -0.15) is 0 Å². The molecule has 0 aliphatic carbocycles. The first-order valence-corrected chi connectivity index (χ1v) is 10.8. The summed E-state index contributed by atoms with van der Waals surface area (Å²) in [6.45, 7) is 5.62. The summed E-state index contributed by atoms with van der Waals surface area (Å²) in [5.74, 6) is -0.404. The van der Waals surface area contributed by atoms with Gasteiger partial charge in [-0.15, -0.1) is 21.5 Å². The van der Waals surface area contributed by atoms with E-state index in [2.05, 4.69) is 25.8 Å². The van der Waals surface area contributed by atoms with Crippen LogP contribution in [-0.2, 0) is 23.1 Å². The van der Waals surface area contributed by atoms with Gasteiger partial charge in [-0.25, -0.2) is 9.37 Å². The Morgan fingerprint density at radius 3 is 2.53 bits per heavy atom. The van der Waals surface area contributed by atoms with E-state index in [-0.39, 0.29) is 24.1 Å². The molecule has 2 amide bonds. The maximum absolute atomic E-state index is 13.0. The van der Waals surface area contributed by atoms with Crippen LogP contribution in [0.1, 0.15) is 23.3 Å². The minimum Gasteiger partial charge on any atom is -0.326 e. The van der Waals surface area contributed by atoms with Crippen LogP contribution < -0.4 is 10.6 Å². The summed E-state index contributed by atoms with van der Waals surface area (Å²) in [5, 5.41) is 14.3. The van der Waals surface area contributed by atoms with Crippen molar-refractivity contribution in [2.24, 2.45) is 7.05 Å². The fourth-order valence-corrected chi connectivity index (χ4v) is 4.08. The zero-order valence-electron chi connectivity index (χ0n) is 16.9. The number of halogens is 1. The van der Waals surface area contributed by atoms with Crippen LogP contribution >= 0.6 is 23.1 Å². The Balaban J connectivity index is 1.58. The van der Waals surface area contributed by atoms with Gasteiger partial charge in [0, 0.05) is 17.6 Å². The van der Waals surface area contributed by atoms with Crippen molar-refractivity contribution >= 4 is 45.7 Å². The standard InChI is InChI=1S/C19H21FN6O2S2/c1-10-11(2)29-18(21-10)23-17(28)12(3)30-19-25-24-15(26(19)4)9-16(27)22-14-7-5-13(20)6-8-14/h5-8,12H,9H2,1-4H3,(H,22,27)(H,21,23,28)/t12-/m1/s1. The fraction of sp³-hybridized carbons (Fsp3) is 0.316. The quantitative estimate of drug-likeness (QED) is 0.538. The molecule has 2 heterocycles. The number of rotatable bonds is 7. The van der Waals surface area contributed by atoms with Gasteiger partial charge in [0.15, 0.2) is 10.3 Å². The number of carbonyl (C=O) groups excluding carboxylic acids is 2. The first kappa shape index (κ1) is 21.9. The Morgan fingerprint density at radius 2 is 1.90 bits per heavy atom. The maximum atomic E-state index is 13.0. The van der Waals surface area contributed by atoms with Crippen molar-refractivity contribution in [3.63, 3.8) is 0 Å². The number of benzene rings is 1. The predicted octanol–water partition coefficient (Wildman–Crippen LogP) is 3.33. The predicted molar refractivity (Wildman–Crippen MR) is 115 cm³/mol. The van der Waals surface area contributed by atoms with Gasteiger partial charge in [-0.3, -0.25) is 9.59 Å². The van der Waals surface area contributed by atoms with Gasteiger partial charge in [0.1, 0.15) is 11.6 Å². The number of aromatic nitrogens is 4. The third-order valence-corrected chi connectivity index (χ3v) is 6.40. The normalized spacial score (nSPS) is 11.9. The first-order valence-electron chi connectivity index (χ1n) is 9.08. The summed E-state index contributed by atoms with van der Waals surface area (Å²) < 4.78 is 14.6. The summed E-state index contributed by atoms with van der Waals surface area (Å²) in [5.41, 5.74) is 1.39. The number of hydrogen-bond acceptors (Lipinski definition) is 7. The SMILES string of the molecule is Cc1nc(NC(=O)[C@@H](C)Sc2nnc(CC(=O)Nc3ccc(F)cc3)n2C)sc1C. The van der Waals surface area contributed by atoms with Gasteiger partial charge in [0.25, 0.3) is 0 Å². The van der Waals surface area contributed by atoms with E-state index in [9.17, 15) is 14.0 Å². The van der Waals surface area contributed by atoms with Crippen molar-refractivity contribution in [2.45, 2.75) is 37.6 Å². The van der Waals surface area contributed by atoms with E-state index < -0.39 is 5.25 Å². The number of thiazole rings is 1. The van der Waals surface area contributed by atoms with Gasteiger partial charge in [0.05, 0.1) is 17.4 Å². The monoisotopic (exact) mass is 448 g/mol. The Labute approximate surface area is 181 Å². The highest BCUT2D eigenvalue weighted by molar-refractivity contribution is 8.00. The molecule has 0 unspecified atom stereocenters. The highest BCUT2D eigenvalue weighted by atomic mass is 32.2. The number of aryl methyl sites for hydroxylation is 2. The van der Waals surface area contributed by atoms with Crippen molar-refractivity contribution < 1.29 is 14.0 Å². The average molecular weight is 449 g/mol. The van der Waals surface area contributed by atoms with E-state index in [1.807, 2.05) is 13.8 Å². The van der Waals surface area contributed by atoms with Crippen LogP contribution in [0.15, 0.2) is 29.4 Å². The molecule has 8 nitrogen and oxygen atoms in total. The summed E-state index contributed by atoms with van der Waals surface area (Å²) in [7, 11) is 1.74. The number of hydrogen-bond donors (Lipinski definition) is 2. The first-order chi connectivity index (χ1) is 14.2. The summed E-state index contributed by atoms with van der Waals surface area (Å²) in [4.78, 5) is 30.0. The molecule has 3 aromatic rings. The average Bonchev–Trinajstić information content (AvgIpc) is 3.19. The highest BCUT2D eigenvalue weighted by Crippen LogP contribution is 2.25. The Kier molecular flexibility index (Phi) is 6.83. The molecule has 0 saturated carbocycles. The lowest BCUT2D eigenvalue weighted by Crippen LogP contribution is -2.23. The zero-order chi connectivity index (χ0) is 21.8. The van der Waals surface area contributed by atoms with E-state index >= 15 is 0 Å². The topological polar surface area (TPSA) is 102 Å². The van der Waals surface area contributed by atoms with E-state index in [4.69, 9.17) is 0 Å². The van der Waals surface area contributed by atoms with E-state index in [0.29, 0.717) is 21.8 Å². The minimum atomic E-state index is -0.432. The third kappa shape index (κ3) is 5.42. The van der Waals surface area contributed by atoms with Crippen LogP contribution in [0.3, 0.4) is 0 Å². The second-order valence-corrected chi connectivity index (χ2v) is 9.11. The molecule has 1 aromatic carbocycles. The second-order valence-electron chi connectivity index (χ2n) is 6.60. The highest BCUT2D eigenvalue weighted by Gasteiger charge is 2.21. The van der Waals surface area contributed by atoms with Crippen molar-refractivity contribution in [2.75, 3.05) is 10.6 Å². The largest absolute Gasteiger partial charge is 0.326 e. The molecular weight excluding hydrogens is 427 g/mol. The molecule has 2 N–H and O–H groups in total. The molecule has 158 valence electrons. The van der Waals surface area contributed by atoms with Crippen molar-refractivity contribution in [3.8, 4) is 0 Å². The van der Waals surface area contributed by atoms with E-state index in [1.54, 1.807) is 18.5 Å². The number of nitrogens with one attached hydrogen (secondary N) is 2. The lowest BCUT2D eigenvalue weighted by atomic mass is 10.3. The molecule has 0 saturated heterocycles. The molecule has 0 aliphatic heterocycles. The molecule has 0 spiro atoms. The second kappa shape index (κ2) is 9.35. The van der Waals surface area contributed by atoms with Crippen LogP contribution in [0.25, 0.3) is 0 Å². The fourth-order valence-electron chi connectivity index (χ4n) is 2.43. The molecule has 3 rings (SSSR count). The number of carbonyl (C=O) groups is 2. The van der Waals surface area contributed by atoms with Gasteiger partial charge in [-0.1, -0.05) is 11.8 Å². The number of amides is 2. The Bertz CT molecular complexity index is 1040. The molecule has 0 aliphatic rings. The minimum absolute atomic E-state index is 0.000315. The van der Waals surface area contributed by atoms with Crippen LogP contribution in [0, 0.1) is 19.7 Å². The lowest BCUT2D eigenvalue weighted by molar-refractivity contribution is -0.116. The molecule has 1 atom stereocenters. The molecule has 0 bridgehead atoms. The van der Waals surface area contributed by atoms with Crippen molar-refractivity contribution in [3.05, 3.63) is 46.5 Å². The third-order valence-electron chi connectivity index (χ3n) is 4.28. The van der Waals surface area contributed by atoms with Crippen LogP contribution in [0.4, 0.5) is 15.2 Å². The van der Waals surface area contributed by atoms with Crippen LogP contribution in [0.5, 0.6) is 0 Å². The zero-order valence-corrected chi connectivity index (χ0v) is 18.5. The van der Waals surface area contributed by atoms with Crippen LogP contribution in [-0.4, -0.2) is 36.8 Å². The lowest BCUT2D eigenvalue weighted by Gasteiger charge is -2.10. The van der Waals surface area contributed by atoms with E-state index in [0.717, 1.165) is 10.6 Å². The molecular formula is C19H21FN6O2S2. The molecule has 0 radical (unpaired) electrons. The van der Waals surface area contributed by atoms with Gasteiger partial charge >= 0.3 is 0 Å². The van der Waals surface area contributed by atoms with Crippen molar-refractivity contribution in [1.82, 2.24) is 19.7 Å². The Hall–Kier alpha value is -2.79. The smallest absolute Gasteiger partial charge is 0.239 e. The Morgan fingerprint density at radius 1 is 1.20 bits per heavy atom. The van der Waals surface area contributed by atoms with Crippen LogP contribution in [0.2, 0.25) is 0 Å². The summed E-state index contributed by atoms with van der Waals surface area (Å²) >= 11 is 2.67. The molecule has 2 aromatic heterocycles. The maximum Gasteiger partial charge on any atom is 0.239 e. The number of anilines is 2. The number of thioether (sulfide) groups is 1. The van der Waals surface area contributed by atoms with E-state index in [1.165, 1.54) is 47.4 Å². The number of nitrogens with zero attached hydrogens (tertiary/aromatic N) is 4. The summed E-state index contributed by atoms with van der Waals surface area (Å²) in [6.07, 6.45) is -0.000315. The molecule has 30 heavy (non-hydrogen) atoms. The van der Waals surface area contributed by atoms with Gasteiger partial charge in [-0.05, 0) is 45.0 Å². The van der Waals surface area contributed by atoms with Gasteiger partial charge in [0.2, 0.25) is 11.8 Å². The van der Waals surface area contributed by atoms with Gasteiger partial charge < -0.3 is 15.2 Å². The molecule has 0 fully saturated rings. The molecule has 11 heteroatoms. The van der Waals surface area contributed by atoms with Crippen molar-refractivity contribution in [1.29, 1.82) is 0 Å². The summed E-state index contributed by atoms with van der Waals surface area (Å²) in [6, 6.07) is 5.51.